The van der Waals surface area contributed by atoms with Crippen molar-refractivity contribution in [2.45, 2.75) is 38.5 Å². The molecule has 1 rings (SSSR count). The molecule has 0 saturated carbocycles. The number of carbonyl (C=O) groups is 2. The number of carboxylic acid groups (broad SMARTS) is 1. The van der Waals surface area contributed by atoms with Crippen LogP contribution in [0.3, 0.4) is 0 Å². The molecule has 0 bridgehead atoms. The molecule has 4 N–H and O–H groups in total. The molecule has 6 nitrogen and oxygen atoms in total. The summed E-state index contributed by atoms with van der Waals surface area (Å²) in [5.74, 6) is -1.56. The number of β-amino-alcohol motifs (C(OH)–C–C–N with tert-alkyl or cyclic N) is 1. The Morgan fingerprint density at radius 2 is 2.00 bits per heavy atom. The van der Waals surface area contributed by atoms with Gasteiger partial charge in [-0.2, -0.15) is 0 Å². The number of carbonyl (C=O) groups excluding carboxylic acids is 1. The number of amides is 1. The molecule has 92 valence electrons. The van der Waals surface area contributed by atoms with Crippen LogP contribution in [-0.4, -0.2) is 51.7 Å². The van der Waals surface area contributed by atoms with Gasteiger partial charge >= 0.3 is 5.97 Å². The van der Waals surface area contributed by atoms with Gasteiger partial charge in [0.2, 0.25) is 5.91 Å². The molecule has 1 aliphatic rings. The van der Waals surface area contributed by atoms with Crippen LogP contribution >= 0.6 is 0 Å². The highest BCUT2D eigenvalue weighted by Crippen LogP contribution is 2.20. The van der Waals surface area contributed by atoms with E-state index in [0.29, 0.717) is 0 Å². The maximum absolute atomic E-state index is 11.9. The summed E-state index contributed by atoms with van der Waals surface area (Å²) in [4.78, 5) is 23.9. The standard InChI is InChI=1S/C10H18N2O4/c1-5(2)8(11)9(14)12-4-6(13)3-7(12)10(15)16/h5-8,13H,3-4,11H2,1-2H3,(H,15,16)/t6-,7-,8?/m1/s1. The maximum atomic E-state index is 11.9. The summed E-state index contributed by atoms with van der Waals surface area (Å²) in [5, 5.41) is 18.3. The number of carboxylic acids is 1. The molecule has 1 aliphatic heterocycles. The predicted octanol–water partition coefficient (Wildman–Crippen LogP) is -0.984. The van der Waals surface area contributed by atoms with E-state index in [1.165, 1.54) is 0 Å². The minimum Gasteiger partial charge on any atom is -0.480 e. The fourth-order valence-electron chi connectivity index (χ4n) is 1.77. The van der Waals surface area contributed by atoms with Crippen LogP contribution in [0.2, 0.25) is 0 Å². The van der Waals surface area contributed by atoms with Crippen molar-refractivity contribution < 1.29 is 19.8 Å². The van der Waals surface area contributed by atoms with Crippen LogP contribution in [0.15, 0.2) is 0 Å². The van der Waals surface area contributed by atoms with Gasteiger partial charge < -0.3 is 20.8 Å². The number of aliphatic hydroxyl groups is 1. The number of hydrogen-bond donors (Lipinski definition) is 3. The lowest BCUT2D eigenvalue weighted by Crippen LogP contribution is -2.50. The molecule has 0 aliphatic carbocycles. The van der Waals surface area contributed by atoms with Crippen LogP contribution in [0.4, 0.5) is 0 Å². The highest BCUT2D eigenvalue weighted by atomic mass is 16.4. The van der Waals surface area contributed by atoms with Crippen LogP contribution in [0.25, 0.3) is 0 Å². The van der Waals surface area contributed by atoms with Crippen molar-refractivity contribution >= 4 is 11.9 Å². The van der Waals surface area contributed by atoms with Gasteiger partial charge in [0, 0.05) is 13.0 Å². The number of rotatable bonds is 3. The maximum Gasteiger partial charge on any atom is 0.326 e. The molecule has 6 heteroatoms. The summed E-state index contributed by atoms with van der Waals surface area (Å²) in [6.07, 6.45) is -0.698. The van der Waals surface area contributed by atoms with Crippen molar-refractivity contribution in [1.82, 2.24) is 4.90 Å². The van der Waals surface area contributed by atoms with E-state index < -0.39 is 30.1 Å². The Hall–Kier alpha value is -1.14. The molecule has 0 aromatic heterocycles. The normalized spacial score (nSPS) is 27.2. The van der Waals surface area contributed by atoms with Crippen molar-refractivity contribution in [2.24, 2.45) is 11.7 Å². The summed E-state index contributed by atoms with van der Waals surface area (Å²) < 4.78 is 0. The van der Waals surface area contributed by atoms with Crippen LogP contribution in [0.1, 0.15) is 20.3 Å². The molecule has 1 fully saturated rings. The molecular weight excluding hydrogens is 212 g/mol. The monoisotopic (exact) mass is 230 g/mol. The van der Waals surface area contributed by atoms with Crippen LogP contribution < -0.4 is 5.73 Å². The van der Waals surface area contributed by atoms with Gasteiger partial charge in [-0.15, -0.1) is 0 Å². The zero-order valence-electron chi connectivity index (χ0n) is 9.46. The number of nitrogens with two attached hydrogens (primary N) is 1. The fraction of sp³-hybridized carbons (Fsp3) is 0.800. The zero-order valence-corrected chi connectivity index (χ0v) is 9.46. The van der Waals surface area contributed by atoms with Crippen molar-refractivity contribution in [3.63, 3.8) is 0 Å². The van der Waals surface area contributed by atoms with Crippen LogP contribution in [0, 0.1) is 5.92 Å². The molecule has 0 spiro atoms. The van der Waals surface area contributed by atoms with Gasteiger partial charge in [-0.3, -0.25) is 4.79 Å². The molecule has 1 amide bonds. The summed E-state index contributed by atoms with van der Waals surface area (Å²) in [7, 11) is 0. The Labute approximate surface area is 94.0 Å². The average Bonchev–Trinajstić information content (AvgIpc) is 2.58. The van der Waals surface area contributed by atoms with E-state index in [4.69, 9.17) is 10.8 Å². The lowest BCUT2D eigenvalue weighted by Gasteiger charge is -2.26. The van der Waals surface area contributed by atoms with Gasteiger partial charge in [0.15, 0.2) is 0 Å². The van der Waals surface area contributed by atoms with Crippen molar-refractivity contribution in [1.29, 1.82) is 0 Å². The van der Waals surface area contributed by atoms with E-state index >= 15 is 0 Å². The van der Waals surface area contributed by atoms with Gasteiger partial charge in [0.25, 0.3) is 0 Å². The SMILES string of the molecule is CC(C)C(N)C(=O)N1C[C@H](O)C[C@@H]1C(=O)O. The number of aliphatic hydroxyl groups excluding tert-OH is 1. The topological polar surface area (TPSA) is 104 Å². The largest absolute Gasteiger partial charge is 0.480 e. The first-order chi connectivity index (χ1) is 7.34. The molecule has 16 heavy (non-hydrogen) atoms. The molecular formula is C10H18N2O4. The van der Waals surface area contributed by atoms with E-state index in [0.717, 1.165) is 4.90 Å². The molecule has 1 saturated heterocycles. The van der Waals surface area contributed by atoms with Gasteiger partial charge in [0.05, 0.1) is 12.1 Å². The Balaban J connectivity index is 2.78. The Kier molecular flexibility index (Phi) is 3.88. The number of aliphatic carboxylic acids is 1. The fourth-order valence-corrected chi connectivity index (χ4v) is 1.77. The van der Waals surface area contributed by atoms with E-state index in [2.05, 4.69) is 0 Å². The summed E-state index contributed by atoms with van der Waals surface area (Å²) in [5.41, 5.74) is 5.68. The zero-order chi connectivity index (χ0) is 12.5. The molecule has 1 heterocycles. The molecule has 0 radical (unpaired) electrons. The lowest BCUT2D eigenvalue weighted by molar-refractivity contribution is -0.149. The quantitative estimate of drug-likeness (QED) is 0.578. The number of likely N-dealkylation sites (tertiary alicyclic amines) is 1. The highest BCUT2D eigenvalue weighted by Gasteiger charge is 2.40. The second-order valence-electron chi connectivity index (χ2n) is 4.50. The van der Waals surface area contributed by atoms with Crippen LogP contribution in [-0.2, 0) is 9.59 Å². The van der Waals surface area contributed by atoms with E-state index in [9.17, 15) is 14.7 Å². The van der Waals surface area contributed by atoms with Gasteiger partial charge in [-0.1, -0.05) is 13.8 Å². The van der Waals surface area contributed by atoms with Crippen molar-refractivity contribution in [3.8, 4) is 0 Å². The van der Waals surface area contributed by atoms with Crippen molar-refractivity contribution in [3.05, 3.63) is 0 Å². The third-order valence-corrected chi connectivity index (χ3v) is 2.85. The third-order valence-electron chi connectivity index (χ3n) is 2.85. The summed E-state index contributed by atoms with van der Waals surface area (Å²) in [6.45, 7) is 3.64. The smallest absolute Gasteiger partial charge is 0.326 e. The van der Waals surface area contributed by atoms with Gasteiger partial charge in [-0.25, -0.2) is 4.79 Å². The summed E-state index contributed by atoms with van der Waals surface area (Å²) in [6, 6.07) is -1.67. The van der Waals surface area contributed by atoms with Gasteiger partial charge in [-0.05, 0) is 5.92 Å². The number of hydrogen-bond acceptors (Lipinski definition) is 4. The lowest BCUT2D eigenvalue weighted by atomic mass is 10.0. The Morgan fingerprint density at radius 3 is 2.44 bits per heavy atom. The highest BCUT2D eigenvalue weighted by molar-refractivity contribution is 5.87. The first-order valence-corrected chi connectivity index (χ1v) is 5.31. The molecule has 3 atom stereocenters. The van der Waals surface area contributed by atoms with Gasteiger partial charge in [0.1, 0.15) is 6.04 Å². The Bertz CT molecular complexity index is 293. The van der Waals surface area contributed by atoms with Crippen LogP contribution in [0.5, 0.6) is 0 Å². The van der Waals surface area contributed by atoms with E-state index in [-0.39, 0.29) is 18.9 Å². The van der Waals surface area contributed by atoms with Crippen molar-refractivity contribution in [2.75, 3.05) is 6.54 Å². The Morgan fingerprint density at radius 1 is 1.44 bits per heavy atom. The first-order valence-electron chi connectivity index (χ1n) is 5.31. The van der Waals surface area contributed by atoms with E-state index in [1.54, 1.807) is 13.8 Å². The first kappa shape index (κ1) is 12.9. The minimum absolute atomic E-state index is 0.0518. The third kappa shape index (κ3) is 2.51. The summed E-state index contributed by atoms with van der Waals surface area (Å²) >= 11 is 0. The number of nitrogens with zero attached hydrogens (tertiary/aromatic N) is 1. The average molecular weight is 230 g/mol. The predicted molar refractivity (Wildman–Crippen MR) is 56.6 cm³/mol. The molecule has 0 aromatic carbocycles. The van der Waals surface area contributed by atoms with E-state index in [1.807, 2.05) is 0 Å². The molecule has 0 aromatic rings. The molecule has 1 unspecified atom stereocenters. The second kappa shape index (κ2) is 4.80. The second-order valence-corrected chi connectivity index (χ2v) is 4.50. The minimum atomic E-state index is -1.10.